The number of nitrogens with zero attached hydrogens (tertiary/aromatic N) is 2. The van der Waals surface area contributed by atoms with Crippen LogP contribution in [0.25, 0.3) is 0 Å². The molecule has 0 aliphatic rings. The molecular weight excluding hydrogens is 262 g/mol. The highest BCUT2D eigenvalue weighted by atomic mass is 16.5. The third kappa shape index (κ3) is 4.20. The Bertz CT molecular complexity index is 478. The van der Waals surface area contributed by atoms with Crippen LogP contribution in [0.15, 0.2) is 18.5 Å². The van der Waals surface area contributed by atoms with Crippen molar-refractivity contribution in [1.82, 2.24) is 9.88 Å². The molecule has 1 aromatic heterocycles. The van der Waals surface area contributed by atoms with Gasteiger partial charge in [-0.3, -0.25) is 4.98 Å². The normalized spacial score (nSPS) is 11.8. The Morgan fingerprint density at radius 2 is 2.20 bits per heavy atom. The lowest BCUT2D eigenvalue weighted by atomic mass is 10.2. The van der Waals surface area contributed by atoms with Gasteiger partial charge in [0.1, 0.15) is 0 Å². The molecule has 0 saturated heterocycles. The predicted molar refractivity (Wildman–Crippen MR) is 73.9 cm³/mol. The first-order valence-electron chi connectivity index (χ1n) is 6.24. The Balaban J connectivity index is 2.78. The Morgan fingerprint density at radius 1 is 1.50 bits per heavy atom. The van der Waals surface area contributed by atoms with Crippen LogP contribution in [0.4, 0.5) is 10.5 Å². The molecule has 7 heteroatoms. The van der Waals surface area contributed by atoms with Gasteiger partial charge in [-0.2, -0.15) is 0 Å². The predicted octanol–water partition coefficient (Wildman–Crippen LogP) is 1.67. The molecular formula is C13H19N3O4. The molecule has 2 N–H and O–H groups in total. The highest BCUT2D eigenvalue weighted by molar-refractivity contribution is 5.92. The number of hydrogen-bond acceptors (Lipinski definition) is 4. The second-order valence-corrected chi connectivity index (χ2v) is 4.29. The molecule has 7 nitrogen and oxygen atoms in total. The monoisotopic (exact) mass is 281 g/mol. The molecule has 1 heterocycles. The maximum absolute atomic E-state index is 12.1. The van der Waals surface area contributed by atoms with Gasteiger partial charge in [-0.1, -0.05) is 0 Å². The van der Waals surface area contributed by atoms with Crippen LogP contribution in [0.1, 0.15) is 24.2 Å². The molecule has 0 aliphatic carbocycles. The lowest BCUT2D eigenvalue weighted by Crippen LogP contribution is -2.43. The second kappa shape index (κ2) is 7.44. The van der Waals surface area contributed by atoms with Crippen LogP contribution < -0.4 is 5.32 Å². The number of likely N-dealkylation sites (N-methyl/N-ethyl adjacent to an activating group) is 1. The van der Waals surface area contributed by atoms with Gasteiger partial charge >= 0.3 is 12.0 Å². The molecule has 1 aromatic rings. The summed E-state index contributed by atoms with van der Waals surface area (Å²) in [5, 5.41) is 11.5. The van der Waals surface area contributed by atoms with Crippen LogP contribution >= 0.6 is 0 Å². The summed E-state index contributed by atoms with van der Waals surface area (Å²) >= 11 is 0. The van der Waals surface area contributed by atoms with E-state index in [-0.39, 0.29) is 17.6 Å². The summed E-state index contributed by atoms with van der Waals surface area (Å²) in [6.45, 7) is 4.67. The number of aromatic nitrogens is 1. The van der Waals surface area contributed by atoms with Crippen molar-refractivity contribution in [3.05, 3.63) is 24.0 Å². The molecule has 0 aromatic carbocycles. The number of amides is 2. The zero-order valence-corrected chi connectivity index (χ0v) is 11.8. The highest BCUT2D eigenvalue weighted by Gasteiger charge is 2.18. The number of hydrogen-bond donors (Lipinski definition) is 2. The van der Waals surface area contributed by atoms with Crippen LogP contribution in [0.5, 0.6) is 0 Å². The van der Waals surface area contributed by atoms with E-state index in [1.807, 2.05) is 13.8 Å². The van der Waals surface area contributed by atoms with Crippen molar-refractivity contribution in [2.24, 2.45) is 0 Å². The number of methoxy groups -OCH3 is 1. The summed E-state index contributed by atoms with van der Waals surface area (Å²) in [5.74, 6) is -1.09. The van der Waals surface area contributed by atoms with Crippen LogP contribution in [0, 0.1) is 0 Å². The molecule has 0 spiro atoms. The van der Waals surface area contributed by atoms with E-state index in [1.54, 1.807) is 12.0 Å². The van der Waals surface area contributed by atoms with E-state index in [2.05, 4.69) is 10.3 Å². The molecule has 2 amide bonds. The average molecular weight is 281 g/mol. The van der Waals surface area contributed by atoms with Crippen LogP contribution in [0.3, 0.4) is 0 Å². The molecule has 110 valence electrons. The number of anilines is 1. The van der Waals surface area contributed by atoms with Crippen molar-refractivity contribution in [3.63, 3.8) is 0 Å². The number of carbonyl (C=O) groups is 2. The number of carbonyl (C=O) groups excluding carboxylic acids is 1. The van der Waals surface area contributed by atoms with E-state index in [0.29, 0.717) is 18.8 Å². The molecule has 0 aliphatic heterocycles. The number of carboxylic acid groups (broad SMARTS) is 1. The zero-order valence-electron chi connectivity index (χ0n) is 11.8. The topological polar surface area (TPSA) is 91.8 Å². The smallest absolute Gasteiger partial charge is 0.337 e. The fourth-order valence-corrected chi connectivity index (χ4v) is 1.81. The number of ether oxygens (including phenoxy) is 1. The van der Waals surface area contributed by atoms with Gasteiger partial charge in [0, 0.05) is 19.9 Å². The third-order valence-corrected chi connectivity index (χ3v) is 2.78. The first-order chi connectivity index (χ1) is 9.49. The fourth-order valence-electron chi connectivity index (χ4n) is 1.81. The number of nitrogens with one attached hydrogen (secondary N) is 1. The first kappa shape index (κ1) is 15.9. The van der Waals surface area contributed by atoms with Crippen molar-refractivity contribution in [2.45, 2.75) is 19.9 Å². The maximum Gasteiger partial charge on any atom is 0.337 e. The summed E-state index contributed by atoms with van der Waals surface area (Å²) in [6.07, 6.45) is 2.63. The van der Waals surface area contributed by atoms with Crippen molar-refractivity contribution >= 4 is 17.7 Å². The van der Waals surface area contributed by atoms with Crippen LogP contribution in [0.2, 0.25) is 0 Å². The Hall–Kier alpha value is -2.15. The standard InChI is InChI=1S/C13H19N3O4/c1-4-16(9(2)8-20-3)13(19)15-11-5-10(12(17)18)6-14-7-11/h5-7,9H,4,8H2,1-3H3,(H,15,19)(H,17,18). The van der Waals surface area contributed by atoms with Gasteiger partial charge in [0.2, 0.25) is 0 Å². The minimum Gasteiger partial charge on any atom is -0.478 e. The molecule has 20 heavy (non-hydrogen) atoms. The summed E-state index contributed by atoms with van der Waals surface area (Å²) < 4.78 is 5.03. The zero-order chi connectivity index (χ0) is 15.1. The molecule has 0 bridgehead atoms. The van der Waals surface area contributed by atoms with Crippen molar-refractivity contribution in [2.75, 3.05) is 25.6 Å². The van der Waals surface area contributed by atoms with Crippen LogP contribution in [-0.4, -0.2) is 53.3 Å². The van der Waals surface area contributed by atoms with Gasteiger partial charge < -0.3 is 20.1 Å². The SMILES string of the molecule is CCN(C(=O)Nc1cncc(C(=O)O)c1)C(C)COC. The quantitative estimate of drug-likeness (QED) is 0.827. The Kier molecular flexibility index (Phi) is 5.92. The minimum atomic E-state index is -1.09. The van der Waals surface area contributed by atoms with Gasteiger partial charge in [-0.05, 0) is 19.9 Å². The van der Waals surface area contributed by atoms with E-state index in [9.17, 15) is 9.59 Å². The third-order valence-electron chi connectivity index (χ3n) is 2.78. The molecule has 0 radical (unpaired) electrons. The number of carboxylic acids is 1. The summed E-state index contributed by atoms with van der Waals surface area (Å²) in [7, 11) is 1.57. The highest BCUT2D eigenvalue weighted by Crippen LogP contribution is 2.10. The fraction of sp³-hybridized carbons (Fsp3) is 0.462. The second-order valence-electron chi connectivity index (χ2n) is 4.29. The van der Waals surface area contributed by atoms with Crippen molar-refractivity contribution < 1.29 is 19.4 Å². The van der Waals surface area contributed by atoms with Gasteiger partial charge in [0.05, 0.1) is 30.1 Å². The first-order valence-corrected chi connectivity index (χ1v) is 6.24. The number of aromatic carboxylic acids is 1. The molecule has 0 fully saturated rings. The van der Waals surface area contributed by atoms with Crippen molar-refractivity contribution in [1.29, 1.82) is 0 Å². The minimum absolute atomic E-state index is 0.0239. The average Bonchev–Trinajstić information content (AvgIpc) is 2.40. The Morgan fingerprint density at radius 3 is 2.75 bits per heavy atom. The summed E-state index contributed by atoms with van der Waals surface area (Å²) in [4.78, 5) is 28.3. The number of urea groups is 1. The largest absolute Gasteiger partial charge is 0.478 e. The maximum atomic E-state index is 12.1. The van der Waals surface area contributed by atoms with Gasteiger partial charge in [-0.25, -0.2) is 9.59 Å². The lowest BCUT2D eigenvalue weighted by molar-refractivity contribution is 0.0696. The number of pyridine rings is 1. The van der Waals surface area contributed by atoms with E-state index in [0.717, 1.165) is 0 Å². The Labute approximate surface area is 117 Å². The van der Waals surface area contributed by atoms with Gasteiger partial charge in [-0.15, -0.1) is 0 Å². The summed E-state index contributed by atoms with van der Waals surface area (Å²) in [6, 6.07) is 0.962. The van der Waals surface area contributed by atoms with E-state index >= 15 is 0 Å². The van der Waals surface area contributed by atoms with E-state index in [4.69, 9.17) is 9.84 Å². The van der Waals surface area contributed by atoms with Gasteiger partial charge in [0.15, 0.2) is 0 Å². The summed E-state index contributed by atoms with van der Waals surface area (Å²) in [5.41, 5.74) is 0.369. The molecule has 0 saturated carbocycles. The van der Waals surface area contributed by atoms with E-state index in [1.165, 1.54) is 18.5 Å². The lowest BCUT2D eigenvalue weighted by Gasteiger charge is -2.27. The van der Waals surface area contributed by atoms with Crippen LogP contribution in [-0.2, 0) is 4.74 Å². The van der Waals surface area contributed by atoms with Gasteiger partial charge in [0.25, 0.3) is 0 Å². The molecule has 1 rings (SSSR count). The molecule has 1 unspecified atom stereocenters. The number of rotatable bonds is 6. The van der Waals surface area contributed by atoms with E-state index < -0.39 is 5.97 Å². The molecule has 1 atom stereocenters. The van der Waals surface area contributed by atoms with Crippen molar-refractivity contribution in [3.8, 4) is 0 Å².